The summed E-state index contributed by atoms with van der Waals surface area (Å²) in [4.78, 5) is 23.6. The number of azo groups is 1. The summed E-state index contributed by atoms with van der Waals surface area (Å²) < 4.78 is 0. The number of aromatic amines is 1. The van der Waals surface area contributed by atoms with Crippen LogP contribution >= 0.6 is 0 Å². The monoisotopic (exact) mass is 287 g/mol. The van der Waals surface area contributed by atoms with Crippen molar-refractivity contribution in [2.24, 2.45) is 10.2 Å². The van der Waals surface area contributed by atoms with E-state index in [0.29, 0.717) is 17.7 Å². The van der Waals surface area contributed by atoms with Crippen LogP contribution in [0.3, 0.4) is 0 Å². The van der Waals surface area contributed by atoms with Crippen molar-refractivity contribution in [1.29, 1.82) is 0 Å². The molecule has 21 heavy (non-hydrogen) atoms. The van der Waals surface area contributed by atoms with E-state index in [0.717, 1.165) is 24.1 Å². The Hall–Kier alpha value is -2.31. The molecule has 0 spiro atoms. The highest BCUT2D eigenvalue weighted by atomic mass is 16.2. The predicted molar refractivity (Wildman–Crippen MR) is 74.9 cm³/mol. The Morgan fingerprint density at radius 3 is 2.90 bits per heavy atom. The highest BCUT2D eigenvalue weighted by Crippen LogP contribution is 2.29. The normalized spacial score (nSPS) is 24.5. The highest BCUT2D eigenvalue weighted by molar-refractivity contribution is 5.96. The number of carbonyl (C=O) groups is 2. The molecule has 0 bridgehead atoms. The van der Waals surface area contributed by atoms with Crippen LogP contribution < -0.4 is 5.32 Å². The number of aromatic nitrogens is 2. The van der Waals surface area contributed by atoms with Crippen molar-refractivity contribution in [1.82, 2.24) is 15.5 Å². The van der Waals surface area contributed by atoms with E-state index in [2.05, 4.69) is 25.7 Å². The van der Waals surface area contributed by atoms with E-state index in [1.54, 1.807) is 13.0 Å². The third-order valence-corrected chi connectivity index (χ3v) is 3.99. The van der Waals surface area contributed by atoms with Crippen LogP contribution in [0, 0.1) is 13.8 Å². The third kappa shape index (κ3) is 2.63. The van der Waals surface area contributed by atoms with Gasteiger partial charge in [0.1, 0.15) is 0 Å². The SMILES string of the molecule is Cc1n[nH]c(C)c1C(=O)NC1CCC2N=NC(=O)C=C2C1. The topological polar surface area (TPSA) is 99.6 Å². The maximum atomic E-state index is 12.3. The Balaban J connectivity index is 1.69. The molecule has 0 radical (unpaired) electrons. The van der Waals surface area contributed by atoms with E-state index in [9.17, 15) is 9.59 Å². The molecule has 2 N–H and O–H groups in total. The second-order valence-corrected chi connectivity index (χ2v) is 5.55. The van der Waals surface area contributed by atoms with Gasteiger partial charge in [0.25, 0.3) is 11.8 Å². The van der Waals surface area contributed by atoms with Crippen LogP contribution in [-0.2, 0) is 4.79 Å². The average molecular weight is 287 g/mol. The first-order valence-electron chi connectivity index (χ1n) is 7.02. The predicted octanol–water partition coefficient (Wildman–Crippen LogP) is 1.60. The lowest BCUT2D eigenvalue weighted by molar-refractivity contribution is -0.114. The quantitative estimate of drug-likeness (QED) is 0.864. The van der Waals surface area contributed by atoms with Gasteiger partial charge in [-0.25, -0.2) is 0 Å². The molecule has 7 heteroatoms. The number of hydrogen-bond donors (Lipinski definition) is 2. The summed E-state index contributed by atoms with van der Waals surface area (Å²) in [6, 6.07) is 0.0306. The van der Waals surface area contributed by atoms with Gasteiger partial charge in [-0.3, -0.25) is 14.7 Å². The standard InChI is InChI=1S/C14H17N5O2/c1-7-13(8(2)17-16-7)14(21)15-10-3-4-11-9(5-10)6-12(20)19-18-11/h6,10-11H,3-5H2,1-2H3,(H,15,21)(H,16,17). The number of nitrogens with one attached hydrogen (secondary N) is 2. The fraction of sp³-hybridized carbons (Fsp3) is 0.500. The van der Waals surface area contributed by atoms with Crippen molar-refractivity contribution in [3.05, 3.63) is 28.6 Å². The van der Waals surface area contributed by atoms with Crippen molar-refractivity contribution in [2.45, 2.75) is 45.2 Å². The van der Waals surface area contributed by atoms with E-state index < -0.39 is 0 Å². The van der Waals surface area contributed by atoms with E-state index in [1.165, 1.54) is 0 Å². The Morgan fingerprint density at radius 1 is 1.38 bits per heavy atom. The molecule has 2 heterocycles. The first-order valence-corrected chi connectivity index (χ1v) is 7.02. The summed E-state index contributed by atoms with van der Waals surface area (Å²) in [5.74, 6) is -0.429. The molecule has 1 fully saturated rings. The molecule has 2 atom stereocenters. The number of fused-ring (bicyclic) bond motifs is 1. The van der Waals surface area contributed by atoms with Crippen molar-refractivity contribution < 1.29 is 9.59 Å². The number of H-pyrrole nitrogens is 1. The number of carbonyl (C=O) groups excluding carboxylic acids is 2. The molecule has 1 aliphatic heterocycles. The maximum Gasteiger partial charge on any atom is 0.287 e. The van der Waals surface area contributed by atoms with Gasteiger partial charge in [-0.15, -0.1) is 5.11 Å². The number of hydrogen-bond acceptors (Lipinski definition) is 4. The van der Waals surface area contributed by atoms with E-state index in [-0.39, 0.29) is 23.9 Å². The molecule has 1 aliphatic carbocycles. The molecule has 1 aromatic heterocycles. The summed E-state index contributed by atoms with van der Waals surface area (Å²) >= 11 is 0. The molecule has 0 saturated heterocycles. The highest BCUT2D eigenvalue weighted by Gasteiger charge is 2.30. The third-order valence-electron chi connectivity index (χ3n) is 3.99. The smallest absolute Gasteiger partial charge is 0.287 e. The molecule has 1 saturated carbocycles. The fourth-order valence-corrected chi connectivity index (χ4v) is 2.93. The Labute approximate surface area is 121 Å². The van der Waals surface area contributed by atoms with E-state index in [4.69, 9.17) is 0 Å². The Morgan fingerprint density at radius 2 is 2.19 bits per heavy atom. The lowest BCUT2D eigenvalue weighted by Crippen LogP contribution is -2.40. The van der Waals surface area contributed by atoms with E-state index >= 15 is 0 Å². The minimum absolute atomic E-state index is 0.00764. The molecule has 110 valence electrons. The van der Waals surface area contributed by atoms with Crippen LogP contribution in [0.15, 0.2) is 21.9 Å². The van der Waals surface area contributed by atoms with Gasteiger partial charge in [-0.05, 0) is 38.7 Å². The number of rotatable bonds is 2. The van der Waals surface area contributed by atoms with Crippen molar-refractivity contribution in [3.8, 4) is 0 Å². The second kappa shape index (κ2) is 5.23. The van der Waals surface area contributed by atoms with Crippen LogP contribution in [0.2, 0.25) is 0 Å². The summed E-state index contributed by atoms with van der Waals surface area (Å²) in [5, 5.41) is 17.5. The summed E-state index contributed by atoms with van der Waals surface area (Å²) in [6.45, 7) is 3.63. The molecule has 7 nitrogen and oxygen atoms in total. The second-order valence-electron chi connectivity index (χ2n) is 5.55. The van der Waals surface area contributed by atoms with Gasteiger partial charge in [0, 0.05) is 17.8 Å². The molecule has 2 aliphatic rings. The van der Waals surface area contributed by atoms with Gasteiger partial charge in [-0.2, -0.15) is 10.2 Å². The van der Waals surface area contributed by atoms with Crippen molar-refractivity contribution >= 4 is 11.8 Å². The molecule has 0 aromatic carbocycles. The lowest BCUT2D eigenvalue weighted by Gasteiger charge is -2.30. The molecular formula is C14H17N5O2. The summed E-state index contributed by atoms with van der Waals surface area (Å²) in [7, 11) is 0. The number of amides is 2. The Bertz CT molecular complexity index is 639. The van der Waals surface area contributed by atoms with Gasteiger partial charge >= 0.3 is 0 Å². The van der Waals surface area contributed by atoms with Crippen LogP contribution in [0.5, 0.6) is 0 Å². The van der Waals surface area contributed by atoms with Crippen LogP contribution in [0.1, 0.15) is 41.0 Å². The van der Waals surface area contributed by atoms with Gasteiger partial charge in [0.05, 0.1) is 17.3 Å². The van der Waals surface area contributed by atoms with Gasteiger partial charge in [-0.1, -0.05) is 0 Å². The van der Waals surface area contributed by atoms with Crippen LogP contribution in [0.4, 0.5) is 0 Å². The zero-order chi connectivity index (χ0) is 15.0. The molecule has 2 amide bonds. The van der Waals surface area contributed by atoms with Crippen molar-refractivity contribution in [2.75, 3.05) is 0 Å². The zero-order valence-corrected chi connectivity index (χ0v) is 12.0. The maximum absolute atomic E-state index is 12.3. The number of aryl methyl sites for hydroxylation is 2. The fourth-order valence-electron chi connectivity index (χ4n) is 2.93. The number of nitrogens with zero attached hydrogens (tertiary/aromatic N) is 3. The molecule has 2 unspecified atom stereocenters. The zero-order valence-electron chi connectivity index (χ0n) is 12.0. The molecule has 1 aromatic rings. The summed E-state index contributed by atoms with van der Waals surface area (Å²) in [6.07, 6.45) is 3.83. The first-order chi connectivity index (χ1) is 10.0. The lowest BCUT2D eigenvalue weighted by atomic mass is 9.86. The first kappa shape index (κ1) is 13.7. The minimum atomic E-state index is -0.310. The van der Waals surface area contributed by atoms with Crippen molar-refractivity contribution in [3.63, 3.8) is 0 Å². The molecule has 3 rings (SSSR count). The summed E-state index contributed by atoms with van der Waals surface area (Å²) in [5.41, 5.74) is 3.02. The largest absolute Gasteiger partial charge is 0.349 e. The molecular weight excluding hydrogens is 270 g/mol. The van der Waals surface area contributed by atoms with Gasteiger partial charge < -0.3 is 5.32 Å². The van der Waals surface area contributed by atoms with Gasteiger partial charge in [0.2, 0.25) is 0 Å². The van der Waals surface area contributed by atoms with Crippen LogP contribution in [0.25, 0.3) is 0 Å². The minimum Gasteiger partial charge on any atom is -0.349 e. The Kier molecular flexibility index (Phi) is 3.40. The van der Waals surface area contributed by atoms with Gasteiger partial charge in [0.15, 0.2) is 0 Å². The van der Waals surface area contributed by atoms with Crippen LogP contribution in [-0.4, -0.2) is 34.1 Å². The average Bonchev–Trinajstić information content (AvgIpc) is 2.77. The van der Waals surface area contributed by atoms with E-state index in [1.807, 2.05) is 6.92 Å².